The van der Waals surface area contributed by atoms with Gasteiger partial charge in [0.2, 0.25) is 10.8 Å². The van der Waals surface area contributed by atoms with Crippen LogP contribution in [-0.4, -0.2) is 45.9 Å². The molecule has 8 heteroatoms. The molecule has 5 rings (SSSR count). The molecule has 7 nitrogen and oxygen atoms in total. The average Bonchev–Trinajstić information content (AvgIpc) is 3.46. The highest BCUT2D eigenvalue weighted by atomic mass is 32.1. The van der Waals surface area contributed by atoms with E-state index < -0.39 is 0 Å². The largest absolute Gasteiger partial charge is 0.492 e. The normalized spacial score (nSPS) is 21.1. The van der Waals surface area contributed by atoms with Gasteiger partial charge < -0.3 is 19.3 Å². The molecule has 1 fully saturated rings. The van der Waals surface area contributed by atoms with Crippen LogP contribution in [0.3, 0.4) is 0 Å². The summed E-state index contributed by atoms with van der Waals surface area (Å²) in [7, 11) is 0. The number of furan rings is 1. The number of fused-ring (bicyclic) bond motifs is 1. The van der Waals surface area contributed by atoms with Crippen LogP contribution in [0.2, 0.25) is 0 Å². The van der Waals surface area contributed by atoms with Crippen molar-refractivity contribution in [3.63, 3.8) is 0 Å². The molecule has 0 unspecified atom stereocenters. The number of nitrogens with zero attached hydrogens (tertiary/aromatic N) is 3. The molecule has 1 atom stereocenters. The van der Waals surface area contributed by atoms with E-state index in [1.165, 1.54) is 32.6 Å². The molecule has 0 saturated carbocycles. The second-order valence-corrected chi connectivity index (χ2v) is 8.27. The van der Waals surface area contributed by atoms with E-state index in [0.29, 0.717) is 4.96 Å². The molecule has 3 N–H and O–H groups in total. The van der Waals surface area contributed by atoms with Gasteiger partial charge in [-0.3, -0.25) is 0 Å². The third kappa shape index (κ3) is 3.19. The fraction of sp³-hybridized carbons (Fsp3) is 0.300. The summed E-state index contributed by atoms with van der Waals surface area (Å²) < 4.78 is 7.28. The molecule has 0 spiro atoms. The van der Waals surface area contributed by atoms with Crippen LogP contribution in [-0.2, 0) is 6.54 Å². The lowest BCUT2D eigenvalue weighted by atomic mass is 10.1. The maximum Gasteiger partial charge on any atom is 0.235 e. The Bertz CT molecular complexity index is 1040. The van der Waals surface area contributed by atoms with Crippen LogP contribution in [0.4, 0.5) is 0 Å². The van der Waals surface area contributed by atoms with Gasteiger partial charge in [-0.1, -0.05) is 41.7 Å². The minimum Gasteiger partial charge on any atom is -0.492 e. The zero-order chi connectivity index (χ0) is 18.9. The quantitative estimate of drug-likeness (QED) is 0.449. The zero-order valence-corrected chi connectivity index (χ0v) is 16.2. The van der Waals surface area contributed by atoms with Gasteiger partial charge in [0.05, 0.1) is 6.26 Å². The van der Waals surface area contributed by atoms with Gasteiger partial charge in [0.25, 0.3) is 0 Å². The van der Waals surface area contributed by atoms with Crippen LogP contribution in [0.5, 0.6) is 5.88 Å². The number of aromatic nitrogens is 3. The molecular formula is C20H23N5O2S+2. The average molecular weight is 398 g/mol. The number of rotatable bonds is 5. The molecule has 3 aromatic heterocycles. The molecule has 4 aromatic rings. The molecule has 0 bridgehead atoms. The first-order valence-corrected chi connectivity index (χ1v) is 10.4. The maximum atomic E-state index is 10.7. The fourth-order valence-corrected chi connectivity index (χ4v) is 5.22. The molecule has 0 radical (unpaired) electrons. The standard InChI is InChI=1S/C20H21N5O2S/c26-19-18(28-20-21-14-22-25(19)20)17(16-7-4-12-27-16)24-10-8-23(9-11-24)13-15-5-2-1-3-6-15/h1-7,12,14,17,26H,8-11,13H2/p+2/t17-/m1/s1. The van der Waals surface area contributed by atoms with Crippen molar-refractivity contribution in [3.8, 4) is 5.88 Å². The Morgan fingerprint density at radius 1 is 1.11 bits per heavy atom. The third-order valence-electron chi connectivity index (χ3n) is 5.53. The summed E-state index contributed by atoms with van der Waals surface area (Å²) in [6.45, 7) is 5.26. The van der Waals surface area contributed by atoms with Crippen LogP contribution >= 0.6 is 11.3 Å². The predicted molar refractivity (Wildman–Crippen MR) is 105 cm³/mol. The molecule has 4 heterocycles. The van der Waals surface area contributed by atoms with Crippen molar-refractivity contribution < 1.29 is 19.3 Å². The van der Waals surface area contributed by atoms with Gasteiger partial charge in [0, 0.05) is 5.56 Å². The highest BCUT2D eigenvalue weighted by molar-refractivity contribution is 7.17. The number of hydrogen-bond donors (Lipinski definition) is 3. The van der Waals surface area contributed by atoms with E-state index in [4.69, 9.17) is 4.42 Å². The van der Waals surface area contributed by atoms with E-state index in [9.17, 15) is 5.11 Å². The van der Waals surface area contributed by atoms with Crippen LogP contribution in [0.25, 0.3) is 4.96 Å². The molecule has 1 aliphatic rings. The van der Waals surface area contributed by atoms with Crippen molar-refractivity contribution >= 4 is 16.3 Å². The highest BCUT2D eigenvalue weighted by Gasteiger charge is 2.37. The molecule has 1 aromatic carbocycles. The van der Waals surface area contributed by atoms with Crippen LogP contribution in [0, 0.1) is 0 Å². The van der Waals surface area contributed by atoms with Crippen molar-refractivity contribution in [2.75, 3.05) is 26.2 Å². The van der Waals surface area contributed by atoms with Crippen molar-refractivity contribution in [1.29, 1.82) is 0 Å². The van der Waals surface area contributed by atoms with E-state index in [-0.39, 0.29) is 11.9 Å². The molecule has 1 saturated heterocycles. The van der Waals surface area contributed by atoms with Crippen molar-refractivity contribution in [3.05, 3.63) is 71.3 Å². The Balaban J connectivity index is 1.37. The first kappa shape index (κ1) is 17.4. The topological polar surface area (TPSA) is 72.4 Å². The number of hydrogen-bond acceptors (Lipinski definition) is 5. The van der Waals surface area contributed by atoms with Gasteiger partial charge in [-0.05, 0) is 12.1 Å². The lowest BCUT2D eigenvalue weighted by Crippen LogP contribution is -3.27. The smallest absolute Gasteiger partial charge is 0.235 e. The summed E-state index contributed by atoms with van der Waals surface area (Å²) in [6, 6.07) is 14.5. The number of thiazole rings is 1. The van der Waals surface area contributed by atoms with Gasteiger partial charge in [0.1, 0.15) is 43.9 Å². The molecular weight excluding hydrogens is 374 g/mol. The van der Waals surface area contributed by atoms with Crippen LogP contribution in [0.15, 0.2) is 59.5 Å². The minimum atomic E-state index is -0.0400. The summed E-state index contributed by atoms with van der Waals surface area (Å²) >= 11 is 1.49. The third-order valence-corrected chi connectivity index (χ3v) is 6.63. The SMILES string of the molecule is Oc1c([C@@H](c2ccco2)[NH+]2CC[NH+](Cc3ccccc3)CC2)sc2ncnn12. The van der Waals surface area contributed by atoms with Gasteiger partial charge >= 0.3 is 0 Å². The number of quaternary nitrogens is 2. The Kier molecular flexibility index (Phi) is 4.59. The minimum absolute atomic E-state index is 0.0400. The summed E-state index contributed by atoms with van der Waals surface area (Å²) in [5.41, 5.74) is 1.38. The molecule has 1 aliphatic heterocycles. The fourth-order valence-electron chi connectivity index (χ4n) is 4.13. The monoisotopic (exact) mass is 397 g/mol. The number of aromatic hydroxyl groups is 1. The molecule has 144 valence electrons. The van der Waals surface area contributed by atoms with E-state index in [2.05, 4.69) is 40.4 Å². The van der Waals surface area contributed by atoms with Gasteiger partial charge in [-0.2, -0.15) is 9.61 Å². The summed E-state index contributed by atoms with van der Waals surface area (Å²) in [5, 5.41) is 14.9. The van der Waals surface area contributed by atoms with E-state index in [0.717, 1.165) is 43.4 Å². The summed E-state index contributed by atoms with van der Waals surface area (Å²) in [5.74, 6) is 1.05. The van der Waals surface area contributed by atoms with E-state index in [1.807, 2.05) is 12.1 Å². The number of nitrogens with one attached hydrogen (secondary N) is 2. The Hall–Kier alpha value is -2.68. The molecule has 28 heavy (non-hydrogen) atoms. The highest BCUT2D eigenvalue weighted by Crippen LogP contribution is 2.34. The van der Waals surface area contributed by atoms with Crippen LogP contribution < -0.4 is 9.80 Å². The first-order valence-electron chi connectivity index (χ1n) is 9.56. The summed E-state index contributed by atoms with van der Waals surface area (Å²) in [6.07, 6.45) is 3.17. The van der Waals surface area contributed by atoms with Crippen molar-refractivity contribution in [2.24, 2.45) is 0 Å². The predicted octanol–water partition coefficient (Wildman–Crippen LogP) is 0.162. The molecule has 0 aliphatic carbocycles. The van der Waals surface area contributed by atoms with Gasteiger partial charge in [-0.15, -0.1) is 0 Å². The van der Waals surface area contributed by atoms with E-state index >= 15 is 0 Å². The summed E-state index contributed by atoms with van der Waals surface area (Å²) in [4.78, 5) is 8.81. The van der Waals surface area contributed by atoms with E-state index in [1.54, 1.807) is 11.2 Å². The van der Waals surface area contributed by atoms with Gasteiger partial charge in [-0.25, -0.2) is 4.98 Å². The van der Waals surface area contributed by atoms with Crippen LogP contribution in [0.1, 0.15) is 22.2 Å². The first-order chi connectivity index (χ1) is 13.8. The number of benzene rings is 1. The second kappa shape index (κ2) is 7.38. The Morgan fingerprint density at radius 3 is 2.64 bits per heavy atom. The Labute approximate surface area is 166 Å². The lowest BCUT2D eigenvalue weighted by molar-refractivity contribution is -1.03. The Morgan fingerprint density at radius 2 is 1.93 bits per heavy atom. The zero-order valence-electron chi connectivity index (χ0n) is 15.4. The number of piperazine rings is 1. The lowest BCUT2D eigenvalue weighted by Gasteiger charge is -2.33. The van der Waals surface area contributed by atoms with Crippen molar-refractivity contribution in [2.45, 2.75) is 12.6 Å². The van der Waals surface area contributed by atoms with Crippen molar-refractivity contribution in [1.82, 2.24) is 14.6 Å². The second-order valence-electron chi connectivity index (χ2n) is 7.26. The molecule has 0 amide bonds. The van der Waals surface area contributed by atoms with Gasteiger partial charge in [0.15, 0.2) is 11.8 Å². The maximum absolute atomic E-state index is 10.7.